The number of hydrogen-bond donors (Lipinski definition) is 1. The minimum atomic E-state index is -0.503. The van der Waals surface area contributed by atoms with E-state index in [1.807, 2.05) is 95.4 Å². The molecule has 6 nitrogen and oxygen atoms in total. The first-order valence-electron chi connectivity index (χ1n) is 12.7. The molecule has 7 heteroatoms. The molecular formula is C31H29BrN4O2. The van der Waals surface area contributed by atoms with Crippen LogP contribution < -0.4 is 5.32 Å². The normalized spacial score (nSPS) is 16.1. The van der Waals surface area contributed by atoms with Gasteiger partial charge in [-0.2, -0.15) is 0 Å². The van der Waals surface area contributed by atoms with Crippen LogP contribution in [0.1, 0.15) is 46.9 Å². The van der Waals surface area contributed by atoms with Crippen LogP contribution in [-0.4, -0.2) is 32.7 Å². The van der Waals surface area contributed by atoms with Crippen LogP contribution in [0.4, 0.5) is 0 Å². The molecule has 0 spiro atoms. The molecule has 192 valence electrons. The van der Waals surface area contributed by atoms with Gasteiger partial charge < -0.3 is 14.8 Å². The van der Waals surface area contributed by atoms with Crippen molar-refractivity contribution in [2.75, 3.05) is 6.54 Å². The van der Waals surface area contributed by atoms with Crippen molar-refractivity contribution in [2.24, 2.45) is 0 Å². The zero-order chi connectivity index (χ0) is 26.5. The van der Waals surface area contributed by atoms with Gasteiger partial charge in [0.05, 0.1) is 17.9 Å². The number of nitrogens with zero attached hydrogens (tertiary/aromatic N) is 3. The molecule has 0 aliphatic carbocycles. The van der Waals surface area contributed by atoms with Gasteiger partial charge in [-0.15, -0.1) is 0 Å². The Morgan fingerprint density at radius 3 is 2.32 bits per heavy atom. The summed E-state index contributed by atoms with van der Waals surface area (Å²) in [6.45, 7) is 3.23. The van der Waals surface area contributed by atoms with E-state index in [4.69, 9.17) is 0 Å². The molecule has 2 atom stereocenters. The van der Waals surface area contributed by atoms with E-state index in [2.05, 4.69) is 26.2 Å². The van der Waals surface area contributed by atoms with E-state index < -0.39 is 6.04 Å². The Hall–Kier alpha value is -3.97. The van der Waals surface area contributed by atoms with E-state index in [1.54, 1.807) is 24.7 Å². The average Bonchev–Trinajstić information content (AvgIpc) is 3.56. The van der Waals surface area contributed by atoms with Gasteiger partial charge in [-0.05, 0) is 36.6 Å². The largest absolute Gasteiger partial charge is 0.374 e. The van der Waals surface area contributed by atoms with Crippen LogP contribution in [0.25, 0.3) is 0 Å². The second-order valence-corrected chi connectivity index (χ2v) is 10.3. The highest BCUT2D eigenvalue weighted by Crippen LogP contribution is 2.40. The molecule has 5 rings (SSSR count). The fraction of sp³-hybridized carbons (Fsp3) is 0.194. The molecule has 1 amide bonds. The fourth-order valence-electron chi connectivity index (χ4n) is 4.90. The lowest BCUT2D eigenvalue weighted by molar-refractivity contribution is -0.127. The summed E-state index contributed by atoms with van der Waals surface area (Å²) in [7, 11) is 0. The van der Waals surface area contributed by atoms with Crippen molar-refractivity contribution in [2.45, 2.75) is 32.0 Å². The minimum Gasteiger partial charge on any atom is -0.374 e. The van der Waals surface area contributed by atoms with Crippen molar-refractivity contribution >= 4 is 27.6 Å². The maximum atomic E-state index is 14.1. The summed E-state index contributed by atoms with van der Waals surface area (Å²) in [5, 5.41) is 3.43. The second-order valence-electron chi connectivity index (χ2n) is 9.37. The van der Waals surface area contributed by atoms with Crippen LogP contribution in [0.3, 0.4) is 0 Å². The minimum absolute atomic E-state index is 0.147. The number of imidazole rings is 1. The van der Waals surface area contributed by atoms with Gasteiger partial charge in [0.15, 0.2) is 5.78 Å². The number of nitrogens with one attached hydrogen (secondary N) is 1. The third-order valence-electron chi connectivity index (χ3n) is 6.83. The number of Topliss-reactive ketones (excluding diaryl/α,β-unsaturated/α-hetero) is 1. The highest BCUT2D eigenvalue weighted by molar-refractivity contribution is 9.10. The predicted octanol–water partition coefficient (Wildman–Crippen LogP) is 6.11. The maximum absolute atomic E-state index is 14.1. The number of aryl methyl sites for hydroxylation is 1. The molecule has 4 aromatic rings. The van der Waals surface area contributed by atoms with Crippen LogP contribution in [0, 0.1) is 0 Å². The van der Waals surface area contributed by atoms with Crippen molar-refractivity contribution in [3.05, 3.63) is 136 Å². The molecule has 38 heavy (non-hydrogen) atoms. The molecule has 1 aliphatic rings. The standard InChI is InChI=1S/C31H29BrN4O2/c1-22(23-9-4-2-5-10-23)34-28-27(30(37)25-11-6-3-7-12-25)29(24-13-15-26(32)16-14-24)36(31(28)38)19-8-18-35-20-17-33-21-35/h2-7,9-17,20-22,29,34H,8,18-19H2,1H3/t22-,29?/m1/s1. The third kappa shape index (κ3) is 5.48. The first-order valence-corrected chi connectivity index (χ1v) is 13.5. The Kier molecular flexibility index (Phi) is 7.84. The summed E-state index contributed by atoms with van der Waals surface area (Å²) in [6, 6.07) is 26.3. The fourth-order valence-corrected chi connectivity index (χ4v) is 5.16. The van der Waals surface area contributed by atoms with E-state index in [9.17, 15) is 9.59 Å². The number of halogens is 1. The quantitative estimate of drug-likeness (QED) is 0.234. The van der Waals surface area contributed by atoms with Gasteiger partial charge in [-0.25, -0.2) is 4.98 Å². The van der Waals surface area contributed by atoms with Gasteiger partial charge in [-0.1, -0.05) is 88.7 Å². The Labute approximate surface area is 231 Å². The SMILES string of the molecule is C[C@@H](NC1=C(C(=O)c2ccccc2)C(c2ccc(Br)cc2)N(CCCn2ccnc2)C1=O)c1ccccc1. The van der Waals surface area contributed by atoms with Crippen LogP contribution in [0.5, 0.6) is 0 Å². The van der Waals surface area contributed by atoms with Gasteiger partial charge in [0.1, 0.15) is 5.70 Å². The lowest BCUT2D eigenvalue weighted by atomic mass is 9.92. The van der Waals surface area contributed by atoms with Crippen LogP contribution in [0.15, 0.2) is 119 Å². The van der Waals surface area contributed by atoms with Crippen LogP contribution >= 0.6 is 15.9 Å². The summed E-state index contributed by atoms with van der Waals surface area (Å²) in [4.78, 5) is 34.1. The van der Waals surface area contributed by atoms with Crippen LogP contribution in [0.2, 0.25) is 0 Å². The molecule has 1 aliphatic heterocycles. The number of ketones is 1. The molecular weight excluding hydrogens is 540 g/mol. The number of carbonyl (C=O) groups excluding carboxylic acids is 2. The Balaban J connectivity index is 1.56. The highest BCUT2D eigenvalue weighted by atomic mass is 79.9. The molecule has 0 bridgehead atoms. The summed E-state index contributed by atoms with van der Waals surface area (Å²) in [5.41, 5.74) is 3.34. The molecule has 0 fully saturated rings. The molecule has 1 aromatic heterocycles. The summed E-state index contributed by atoms with van der Waals surface area (Å²) >= 11 is 3.52. The second kappa shape index (κ2) is 11.6. The Bertz CT molecular complexity index is 1420. The zero-order valence-corrected chi connectivity index (χ0v) is 22.7. The first-order chi connectivity index (χ1) is 18.5. The van der Waals surface area contributed by atoms with E-state index in [0.29, 0.717) is 23.4 Å². The average molecular weight is 570 g/mol. The maximum Gasteiger partial charge on any atom is 0.271 e. The van der Waals surface area contributed by atoms with Crippen LogP contribution in [-0.2, 0) is 11.3 Å². The molecule has 0 saturated carbocycles. The van der Waals surface area contributed by atoms with E-state index in [-0.39, 0.29) is 17.7 Å². The van der Waals surface area contributed by atoms with Gasteiger partial charge in [-0.3, -0.25) is 9.59 Å². The third-order valence-corrected chi connectivity index (χ3v) is 7.36. The van der Waals surface area contributed by atoms with Crippen molar-refractivity contribution in [3.63, 3.8) is 0 Å². The van der Waals surface area contributed by atoms with Crippen molar-refractivity contribution in [1.29, 1.82) is 0 Å². The summed E-state index contributed by atoms with van der Waals surface area (Å²) in [5.74, 6) is -0.308. The molecule has 0 saturated heterocycles. The topological polar surface area (TPSA) is 67.2 Å². The monoisotopic (exact) mass is 568 g/mol. The summed E-state index contributed by atoms with van der Waals surface area (Å²) < 4.78 is 2.93. The smallest absolute Gasteiger partial charge is 0.271 e. The van der Waals surface area contributed by atoms with Gasteiger partial charge in [0.2, 0.25) is 0 Å². The molecule has 2 heterocycles. The zero-order valence-electron chi connectivity index (χ0n) is 21.1. The Morgan fingerprint density at radius 2 is 1.66 bits per heavy atom. The molecule has 3 aromatic carbocycles. The number of hydrogen-bond acceptors (Lipinski definition) is 4. The number of benzene rings is 3. The lowest BCUT2D eigenvalue weighted by Gasteiger charge is -2.27. The van der Waals surface area contributed by atoms with Gasteiger partial charge in [0, 0.05) is 41.6 Å². The van der Waals surface area contributed by atoms with Gasteiger partial charge in [0.25, 0.3) is 5.91 Å². The first kappa shape index (κ1) is 25.7. The van der Waals surface area contributed by atoms with Gasteiger partial charge >= 0.3 is 0 Å². The van der Waals surface area contributed by atoms with E-state index >= 15 is 0 Å². The Morgan fingerprint density at radius 1 is 0.974 bits per heavy atom. The molecule has 0 radical (unpaired) electrons. The molecule has 1 unspecified atom stereocenters. The van der Waals surface area contributed by atoms with Crippen molar-refractivity contribution in [3.8, 4) is 0 Å². The lowest BCUT2D eigenvalue weighted by Crippen LogP contribution is -2.34. The predicted molar refractivity (Wildman–Crippen MR) is 151 cm³/mol. The number of amides is 1. The number of carbonyl (C=O) groups is 2. The summed E-state index contributed by atoms with van der Waals surface area (Å²) in [6.07, 6.45) is 6.16. The molecule has 1 N–H and O–H groups in total. The highest BCUT2D eigenvalue weighted by Gasteiger charge is 2.43. The number of aromatic nitrogens is 2. The van der Waals surface area contributed by atoms with E-state index in [0.717, 1.165) is 28.6 Å². The van der Waals surface area contributed by atoms with E-state index in [1.165, 1.54) is 0 Å². The van der Waals surface area contributed by atoms with Crippen molar-refractivity contribution in [1.82, 2.24) is 19.8 Å². The van der Waals surface area contributed by atoms with Crippen molar-refractivity contribution < 1.29 is 9.59 Å². The number of rotatable bonds is 10.